The minimum absolute atomic E-state index is 0.233. The molecule has 2 aromatic carbocycles. The maximum Gasteiger partial charge on any atom is 0.261 e. The van der Waals surface area contributed by atoms with Crippen molar-refractivity contribution >= 4 is 15.7 Å². The monoisotopic (exact) mass is 277 g/mol. The van der Waals surface area contributed by atoms with Gasteiger partial charge in [-0.25, -0.2) is 8.42 Å². The lowest BCUT2D eigenvalue weighted by Gasteiger charge is -2.08. The third-order valence-electron chi connectivity index (χ3n) is 2.57. The van der Waals surface area contributed by atoms with Gasteiger partial charge in [-0.05, 0) is 29.8 Å². The SMILES string of the molecule is COCc1ccc(S(=O)(=O)Nc2ccccc2)cc1. The zero-order valence-corrected chi connectivity index (χ0v) is 11.4. The molecule has 0 aromatic heterocycles. The molecule has 0 aliphatic carbocycles. The van der Waals surface area contributed by atoms with E-state index >= 15 is 0 Å². The van der Waals surface area contributed by atoms with Gasteiger partial charge in [-0.3, -0.25) is 4.72 Å². The molecule has 0 heterocycles. The Hall–Kier alpha value is -1.85. The van der Waals surface area contributed by atoms with Crippen LogP contribution in [0.5, 0.6) is 0 Å². The minimum Gasteiger partial charge on any atom is -0.380 e. The molecule has 0 saturated carbocycles. The molecule has 100 valence electrons. The highest BCUT2D eigenvalue weighted by molar-refractivity contribution is 7.92. The lowest BCUT2D eigenvalue weighted by molar-refractivity contribution is 0.185. The first-order valence-electron chi connectivity index (χ1n) is 5.77. The van der Waals surface area contributed by atoms with E-state index in [-0.39, 0.29) is 4.90 Å². The van der Waals surface area contributed by atoms with E-state index < -0.39 is 10.0 Å². The lowest BCUT2D eigenvalue weighted by atomic mass is 10.2. The second kappa shape index (κ2) is 5.86. The Morgan fingerprint density at radius 2 is 1.63 bits per heavy atom. The molecule has 0 bridgehead atoms. The summed E-state index contributed by atoms with van der Waals surface area (Å²) in [5, 5.41) is 0. The van der Waals surface area contributed by atoms with E-state index in [0.29, 0.717) is 12.3 Å². The number of benzene rings is 2. The van der Waals surface area contributed by atoms with Crippen LogP contribution in [0.1, 0.15) is 5.56 Å². The van der Waals surface area contributed by atoms with E-state index in [1.807, 2.05) is 6.07 Å². The van der Waals surface area contributed by atoms with Gasteiger partial charge in [-0.15, -0.1) is 0 Å². The fourth-order valence-electron chi connectivity index (χ4n) is 1.65. The van der Waals surface area contributed by atoms with Crippen molar-refractivity contribution in [2.45, 2.75) is 11.5 Å². The first kappa shape index (κ1) is 13.6. The highest BCUT2D eigenvalue weighted by Crippen LogP contribution is 2.16. The topological polar surface area (TPSA) is 55.4 Å². The van der Waals surface area contributed by atoms with E-state index in [1.165, 1.54) is 0 Å². The van der Waals surface area contributed by atoms with Crippen LogP contribution in [0.4, 0.5) is 5.69 Å². The van der Waals surface area contributed by atoms with Crippen LogP contribution >= 0.6 is 0 Å². The quantitative estimate of drug-likeness (QED) is 0.914. The number of nitrogens with one attached hydrogen (secondary N) is 1. The van der Waals surface area contributed by atoms with Crippen LogP contribution in [0, 0.1) is 0 Å². The lowest BCUT2D eigenvalue weighted by Crippen LogP contribution is -2.12. The standard InChI is InChI=1S/C14H15NO3S/c1-18-11-12-7-9-14(10-8-12)19(16,17)15-13-5-3-2-4-6-13/h2-10,15H,11H2,1H3. The van der Waals surface area contributed by atoms with Gasteiger partial charge in [0.15, 0.2) is 0 Å². The predicted molar refractivity (Wildman–Crippen MR) is 74.4 cm³/mol. The van der Waals surface area contributed by atoms with Gasteiger partial charge < -0.3 is 4.74 Å². The highest BCUT2D eigenvalue weighted by Gasteiger charge is 2.13. The van der Waals surface area contributed by atoms with Crippen molar-refractivity contribution in [2.75, 3.05) is 11.8 Å². The molecule has 0 fully saturated rings. The zero-order chi connectivity index (χ0) is 13.7. The molecule has 0 spiro atoms. The Morgan fingerprint density at radius 3 is 2.21 bits per heavy atom. The van der Waals surface area contributed by atoms with E-state index in [9.17, 15) is 8.42 Å². The molecule has 0 saturated heterocycles. The second-order valence-electron chi connectivity index (χ2n) is 4.05. The van der Waals surface area contributed by atoms with Gasteiger partial charge in [0.2, 0.25) is 0 Å². The summed E-state index contributed by atoms with van der Waals surface area (Å²) in [6.45, 7) is 0.465. The molecule has 0 unspecified atom stereocenters. The van der Waals surface area contributed by atoms with Gasteiger partial charge in [-0.1, -0.05) is 30.3 Å². The van der Waals surface area contributed by atoms with Crippen molar-refractivity contribution in [3.8, 4) is 0 Å². The summed E-state index contributed by atoms with van der Waals surface area (Å²) in [5.74, 6) is 0. The summed E-state index contributed by atoms with van der Waals surface area (Å²) in [6.07, 6.45) is 0. The van der Waals surface area contributed by atoms with E-state index in [0.717, 1.165) is 5.56 Å². The molecule has 0 aliphatic heterocycles. The van der Waals surface area contributed by atoms with Gasteiger partial charge >= 0.3 is 0 Å². The maximum atomic E-state index is 12.1. The first-order valence-corrected chi connectivity index (χ1v) is 7.26. The number of methoxy groups -OCH3 is 1. The number of hydrogen-bond acceptors (Lipinski definition) is 3. The van der Waals surface area contributed by atoms with Gasteiger partial charge in [0.1, 0.15) is 0 Å². The van der Waals surface area contributed by atoms with Crippen molar-refractivity contribution in [3.05, 3.63) is 60.2 Å². The van der Waals surface area contributed by atoms with Crippen LogP contribution in [-0.2, 0) is 21.4 Å². The number of sulfonamides is 1. The fraction of sp³-hybridized carbons (Fsp3) is 0.143. The first-order chi connectivity index (χ1) is 9.12. The smallest absolute Gasteiger partial charge is 0.261 e. The fourth-order valence-corrected chi connectivity index (χ4v) is 2.71. The zero-order valence-electron chi connectivity index (χ0n) is 10.5. The average molecular weight is 277 g/mol. The summed E-state index contributed by atoms with van der Waals surface area (Å²) < 4.78 is 31.8. The Morgan fingerprint density at radius 1 is 1.00 bits per heavy atom. The molecule has 2 rings (SSSR count). The Labute approximate surface area is 113 Å². The summed E-state index contributed by atoms with van der Waals surface area (Å²) in [4.78, 5) is 0.233. The van der Waals surface area contributed by atoms with Crippen LogP contribution in [0.3, 0.4) is 0 Å². The number of ether oxygens (including phenoxy) is 1. The minimum atomic E-state index is -3.54. The number of hydrogen-bond donors (Lipinski definition) is 1. The summed E-state index contributed by atoms with van der Waals surface area (Å²) >= 11 is 0. The van der Waals surface area contributed by atoms with Gasteiger partial charge in [0, 0.05) is 12.8 Å². The van der Waals surface area contributed by atoms with Crippen molar-refractivity contribution < 1.29 is 13.2 Å². The number of rotatable bonds is 5. The Bertz CT molecular complexity index is 622. The molecular weight excluding hydrogens is 262 g/mol. The van der Waals surface area contributed by atoms with Gasteiger partial charge in [0.05, 0.1) is 11.5 Å². The van der Waals surface area contributed by atoms with Gasteiger partial charge in [-0.2, -0.15) is 0 Å². The van der Waals surface area contributed by atoms with Crippen LogP contribution in [0.25, 0.3) is 0 Å². The second-order valence-corrected chi connectivity index (χ2v) is 5.73. The molecule has 0 radical (unpaired) electrons. The van der Waals surface area contributed by atoms with Crippen molar-refractivity contribution in [3.63, 3.8) is 0 Å². The van der Waals surface area contributed by atoms with E-state index in [2.05, 4.69) is 4.72 Å². The molecule has 0 atom stereocenters. The number of anilines is 1. The van der Waals surface area contributed by atoms with Crippen molar-refractivity contribution in [1.29, 1.82) is 0 Å². The van der Waals surface area contributed by atoms with E-state index in [4.69, 9.17) is 4.74 Å². The largest absolute Gasteiger partial charge is 0.380 e. The predicted octanol–water partition coefficient (Wildman–Crippen LogP) is 2.63. The van der Waals surface area contributed by atoms with Crippen LogP contribution in [0.15, 0.2) is 59.5 Å². The Balaban J connectivity index is 2.20. The molecule has 19 heavy (non-hydrogen) atoms. The molecule has 5 heteroatoms. The maximum absolute atomic E-state index is 12.1. The average Bonchev–Trinajstić information content (AvgIpc) is 2.40. The summed E-state index contributed by atoms with van der Waals surface area (Å²) in [6, 6.07) is 15.4. The summed E-state index contributed by atoms with van der Waals surface area (Å²) in [5.41, 5.74) is 1.48. The van der Waals surface area contributed by atoms with Crippen molar-refractivity contribution in [1.82, 2.24) is 0 Å². The molecule has 0 aliphatic rings. The third kappa shape index (κ3) is 3.56. The Kier molecular flexibility index (Phi) is 4.19. The molecule has 1 N–H and O–H groups in total. The molecular formula is C14H15NO3S. The summed E-state index contributed by atoms with van der Waals surface area (Å²) in [7, 11) is -1.94. The molecule has 2 aromatic rings. The third-order valence-corrected chi connectivity index (χ3v) is 3.97. The van der Waals surface area contributed by atoms with E-state index in [1.54, 1.807) is 55.6 Å². The van der Waals surface area contributed by atoms with Gasteiger partial charge in [0.25, 0.3) is 10.0 Å². The van der Waals surface area contributed by atoms with Crippen molar-refractivity contribution in [2.24, 2.45) is 0 Å². The normalized spacial score (nSPS) is 11.2. The van der Waals surface area contributed by atoms with Crippen LogP contribution in [-0.4, -0.2) is 15.5 Å². The van der Waals surface area contributed by atoms with Crippen LogP contribution < -0.4 is 4.72 Å². The highest BCUT2D eigenvalue weighted by atomic mass is 32.2. The number of para-hydroxylation sites is 1. The van der Waals surface area contributed by atoms with Crippen LogP contribution in [0.2, 0.25) is 0 Å². The molecule has 0 amide bonds. The molecule has 4 nitrogen and oxygen atoms in total.